The van der Waals surface area contributed by atoms with E-state index in [1.165, 1.54) is 31.4 Å². The number of carbonyl (C=O) groups is 1. The van der Waals surface area contributed by atoms with Gasteiger partial charge in [-0.05, 0) is 57.0 Å². The second-order valence-corrected chi connectivity index (χ2v) is 6.61. The van der Waals surface area contributed by atoms with Crippen LogP contribution < -0.4 is 5.32 Å². The van der Waals surface area contributed by atoms with Crippen LogP contribution in [0.25, 0.3) is 0 Å². The number of nitrogens with one attached hydrogen (secondary N) is 1. The van der Waals surface area contributed by atoms with Crippen LogP contribution in [0.2, 0.25) is 0 Å². The summed E-state index contributed by atoms with van der Waals surface area (Å²) in [6.45, 7) is 1.03. The lowest BCUT2D eigenvalue weighted by Crippen LogP contribution is -2.45. The van der Waals surface area contributed by atoms with E-state index in [9.17, 15) is 9.18 Å². The summed E-state index contributed by atoms with van der Waals surface area (Å²) in [7, 11) is 4.17. The zero-order valence-corrected chi connectivity index (χ0v) is 13.6. The lowest BCUT2D eigenvalue weighted by Gasteiger charge is -2.34. The number of hydrogen-bond donors (Lipinski definition) is 1. The van der Waals surface area contributed by atoms with Crippen molar-refractivity contribution in [2.45, 2.75) is 44.6 Å². The Morgan fingerprint density at radius 1 is 1.23 bits per heavy atom. The number of benzene rings is 1. The molecule has 2 atom stereocenters. The summed E-state index contributed by atoms with van der Waals surface area (Å²) in [5.41, 5.74) is 1.00. The Morgan fingerprint density at radius 3 is 2.59 bits per heavy atom. The molecule has 0 aromatic heterocycles. The average molecular weight is 306 g/mol. The van der Waals surface area contributed by atoms with E-state index in [1.807, 2.05) is 0 Å². The van der Waals surface area contributed by atoms with Crippen molar-refractivity contribution in [2.24, 2.45) is 5.92 Å². The summed E-state index contributed by atoms with van der Waals surface area (Å²) in [4.78, 5) is 14.4. The molecule has 1 amide bonds. The smallest absolute Gasteiger partial charge is 0.220 e. The summed E-state index contributed by atoms with van der Waals surface area (Å²) < 4.78 is 12.9. The molecule has 0 bridgehead atoms. The van der Waals surface area contributed by atoms with Gasteiger partial charge in [0.15, 0.2) is 0 Å². The highest BCUT2D eigenvalue weighted by molar-refractivity contribution is 5.76. The van der Waals surface area contributed by atoms with Gasteiger partial charge in [-0.25, -0.2) is 4.39 Å². The van der Waals surface area contributed by atoms with Gasteiger partial charge in [0.05, 0.1) is 0 Å². The van der Waals surface area contributed by atoms with Gasteiger partial charge in [-0.2, -0.15) is 0 Å². The molecule has 0 aliphatic heterocycles. The predicted octanol–water partition coefficient (Wildman–Crippen LogP) is 2.99. The van der Waals surface area contributed by atoms with Gasteiger partial charge in [0.2, 0.25) is 5.91 Å². The number of amides is 1. The van der Waals surface area contributed by atoms with Crippen molar-refractivity contribution in [3.05, 3.63) is 35.6 Å². The molecule has 0 saturated heterocycles. The van der Waals surface area contributed by atoms with Crippen molar-refractivity contribution in [1.29, 1.82) is 0 Å². The second kappa shape index (κ2) is 8.28. The molecule has 3 nitrogen and oxygen atoms in total. The molecular weight excluding hydrogens is 279 g/mol. The SMILES string of the molecule is CN(C)CC1CCCCC1NC(=O)CCc1ccc(F)cc1. The molecule has 2 unspecified atom stereocenters. The maximum absolute atomic E-state index is 12.9. The van der Waals surface area contributed by atoms with E-state index >= 15 is 0 Å². The van der Waals surface area contributed by atoms with Crippen LogP contribution in [0.3, 0.4) is 0 Å². The molecule has 1 saturated carbocycles. The van der Waals surface area contributed by atoms with E-state index in [-0.39, 0.29) is 11.7 Å². The first-order valence-corrected chi connectivity index (χ1v) is 8.23. The van der Waals surface area contributed by atoms with Crippen molar-refractivity contribution in [1.82, 2.24) is 10.2 Å². The summed E-state index contributed by atoms with van der Waals surface area (Å²) in [5, 5.41) is 3.22. The van der Waals surface area contributed by atoms with E-state index in [0.717, 1.165) is 18.5 Å². The lowest BCUT2D eigenvalue weighted by atomic mass is 9.84. The lowest BCUT2D eigenvalue weighted by molar-refractivity contribution is -0.122. The van der Waals surface area contributed by atoms with Crippen LogP contribution in [0.4, 0.5) is 4.39 Å². The fourth-order valence-electron chi connectivity index (χ4n) is 3.27. The van der Waals surface area contributed by atoms with Gasteiger partial charge in [-0.1, -0.05) is 25.0 Å². The van der Waals surface area contributed by atoms with Crippen LogP contribution in [0.15, 0.2) is 24.3 Å². The van der Waals surface area contributed by atoms with Crippen LogP contribution in [0, 0.1) is 11.7 Å². The Hall–Kier alpha value is -1.42. The van der Waals surface area contributed by atoms with Crippen LogP contribution in [-0.2, 0) is 11.2 Å². The number of hydrogen-bond acceptors (Lipinski definition) is 2. The molecule has 0 radical (unpaired) electrons. The number of carbonyl (C=O) groups excluding carboxylic acids is 1. The predicted molar refractivity (Wildman–Crippen MR) is 87.2 cm³/mol. The third kappa shape index (κ3) is 5.41. The van der Waals surface area contributed by atoms with Crippen LogP contribution in [0.1, 0.15) is 37.7 Å². The maximum atomic E-state index is 12.9. The van der Waals surface area contributed by atoms with E-state index in [4.69, 9.17) is 0 Å². The minimum atomic E-state index is -0.234. The molecule has 0 spiro atoms. The Bertz CT molecular complexity index is 472. The second-order valence-electron chi connectivity index (χ2n) is 6.61. The highest BCUT2D eigenvalue weighted by Crippen LogP contribution is 2.25. The third-order valence-electron chi connectivity index (χ3n) is 4.41. The van der Waals surface area contributed by atoms with Crippen LogP contribution >= 0.6 is 0 Å². The van der Waals surface area contributed by atoms with Gasteiger partial charge in [0, 0.05) is 19.0 Å². The molecule has 1 aliphatic carbocycles. The van der Waals surface area contributed by atoms with Gasteiger partial charge in [-0.15, -0.1) is 0 Å². The summed E-state index contributed by atoms with van der Waals surface area (Å²) in [6, 6.07) is 6.69. The Balaban J connectivity index is 1.80. The highest BCUT2D eigenvalue weighted by Gasteiger charge is 2.26. The van der Waals surface area contributed by atoms with E-state index in [2.05, 4.69) is 24.3 Å². The number of halogens is 1. The zero-order chi connectivity index (χ0) is 15.9. The Labute approximate surface area is 132 Å². The van der Waals surface area contributed by atoms with Crippen molar-refractivity contribution in [3.63, 3.8) is 0 Å². The first-order chi connectivity index (χ1) is 10.5. The summed E-state index contributed by atoms with van der Waals surface area (Å²) in [6.07, 6.45) is 5.88. The minimum Gasteiger partial charge on any atom is -0.353 e. The Kier molecular flexibility index (Phi) is 6.37. The fraction of sp³-hybridized carbons (Fsp3) is 0.611. The summed E-state index contributed by atoms with van der Waals surface area (Å²) >= 11 is 0. The number of aryl methyl sites for hydroxylation is 1. The monoisotopic (exact) mass is 306 g/mol. The minimum absolute atomic E-state index is 0.111. The normalized spacial score (nSPS) is 21.8. The third-order valence-corrected chi connectivity index (χ3v) is 4.41. The van der Waals surface area contributed by atoms with E-state index in [1.54, 1.807) is 12.1 Å². The summed E-state index contributed by atoms with van der Waals surface area (Å²) in [5.74, 6) is 0.431. The Morgan fingerprint density at radius 2 is 1.91 bits per heavy atom. The quantitative estimate of drug-likeness (QED) is 0.876. The van der Waals surface area contributed by atoms with Gasteiger partial charge in [-0.3, -0.25) is 4.79 Å². The van der Waals surface area contributed by atoms with Crippen molar-refractivity contribution < 1.29 is 9.18 Å². The zero-order valence-electron chi connectivity index (χ0n) is 13.6. The molecule has 122 valence electrons. The molecule has 1 aromatic rings. The topological polar surface area (TPSA) is 32.3 Å². The molecule has 1 fully saturated rings. The first kappa shape index (κ1) is 16.9. The standard InChI is InChI=1S/C18H27FN2O/c1-21(2)13-15-5-3-4-6-17(15)20-18(22)12-9-14-7-10-16(19)11-8-14/h7-8,10-11,15,17H,3-6,9,12-13H2,1-2H3,(H,20,22). The van der Waals surface area contributed by atoms with Crippen molar-refractivity contribution in [2.75, 3.05) is 20.6 Å². The molecule has 0 heterocycles. The first-order valence-electron chi connectivity index (χ1n) is 8.23. The highest BCUT2D eigenvalue weighted by atomic mass is 19.1. The van der Waals surface area contributed by atoms with Crippen molar-refractivity contribution >= 4 is 5.91 Å². The van der Waals surface area contributed by atoms with Gasteiger partial charge < -0.3 is 10.2 Å². The largest absolute Gasteiger partial charge is 0.353 e. The molecule has 1 aromatic carbocycles. The van der Waals surface area contributed by atoms with E-state index < -0.39 is 0 Å². The average Bonchev–Trinajstić information content (AvgIpc) is 2.48. The van der Waals surface area contributed by atoms with Crippen LogP contribution in [0.5, 0.6) is 0 Å². The molecule has 4 heteroatoms. The molecule has 1 N–H and O–H groups in total. The molecule has 22 heavy (non-hydrogen) atoms. The molecular formula is C18H27FN2O. The maximum Gasteiger partial charge on any atom is 0.220 e. The van der Waals surface area contributed by atoms with Crippen molar-refractivity contribution in [3.8, 4) is 0 Å². The van der Waals surface area contributed by atoms with Gasteiger partial charge >= 0.3 is 0 Å². The van der Waals surface area contributed by atoms with Gasteiger partial charge in [0.25, 0.3) is 0 Å². The fourth-order valence-corrected chi connectivity index (χ4v) is 3.27. The van der Waals surface area contributed by atoms with Crippen LogP contribution in [-0.4, -0.2) is 37.5 Å². The van der Waals surface area contributed by atoms with E-state index in [0.29, 0.717) is 24.8 Å². The number of rotatable bonds is 6. The molecule has 2 rings (SSSR count). The molecule has 1 aliphatic rings. The van der Waals surface area contributed by atoms with Gasteiger partial charge in [0.1, 0.15) is 5.82 Å². The number of nitrogens with zero attached hydrogens (tertiary/aromatic N) is 1.